The van der Waals surface area contributed by atoms with Crippen LogP contribution in [0.3, 0.4) is 0 Å². The van der Waals surface area contributed by atoms with Crippen LogP contribution in [0.15, 0.2) is 66.7 Å². The highest BCUT2D eigenvalue weighted by Crippen LogP contribution is 2.42. The largest absolute Gasteiger partial charge is 0.356 e. The van der Waals surface area contributed by atoms with Crippen molar-refractivity contribution in [1.82, 2.24) is 14.8 Å². The van der Waals surface area contributed by atoms with Gasteiger partial charge in [-0.1, -0.05) is 54.6 Å². The molecule has 2 aliphatic heterocycles. The number of rotatable bonds is 1. The Hall–Kier alpha value is -3.60. The lowest BCUT2D eigenvalue weighted by Crippen LogP contribution is -2.62. The molecule has 0 aliphatic carbocycles. The molecule has 0 bridgehead atoms. The van der Waals surface area contributed by atoms with Crippen molar-refractivity contribution in [3.8, 4) is 0 Å². The van der Waals surface area contributed by atoms with Crippen molar-refractivity contribution in [2.75, 3.05) is 13.6 Å². The molecular formula is C25H21N3O2. The predicted octanol–water partition coefficient (Wildman–Crippen LogP) is 3.64. The lowest BCUT2D eigenvalue weighted by atomic mass is 9.86. The zero-order valence-corrected chi connectivity index (χ0v) is 16.6. The number of nitrogens with zero attached hydrogens (tertiary/aromatic N) is 2. The number of hydrogen-bond acceptors (Lipinski definition) is 2. The van der Waals surface area contributed by atoms with Gasteiger partial charge in [-0.15, -0.1) is 0 Å². The molecule has 5 heteroatoms. The van der Waals surface area contributed by atoms with Crippen LogP contribution in [-0.4, -0.2) is 46.2 Å². The summed E-state index contributed by atoms with van der Waals surface area (Å²) >= 11 is 0. The van der Waals surface area contributed by atoms with Gasteiger partial charge < -0.3 is 14.8 Å². The Balaban J connectivity index is 1.62. The van der Waals surface area contributed by atoms with E-state index in [1.54, 1.807) is 11.9 Å². The molecule has 1 N–H and O–H groups in total. The number of piperazine rings is 1. The van der Waals surface area contributed by atoms with Gasteiger partial charge in [0, 0.05) is 30.1 Å². The van der Waals surface area contributed by atoms with Crippen molar-refractivity contribution in [2.45, 2.75) is 18.5 Å². The van der Waals surface area contributed by atoms with Crippen LogP contribution in [0.2, 0.25) is 0 Å². The monoisotopic (exact) mass is 395 g/mol. The maximum absolute atomic E-state index is 13.2. The van der Waals surface area contributed by atoms with Gasteiger partial charge in [0.25, 0.3) is 0 Å². The number of hydrogen-bond donors (Lipinski definition) is 1. The molecule has 4 aromatic rings. The Morgan fingerprint density at radius 1 is 0.933 bits per heavy atom. The summed E-state index contributed by atoms with van der Waals surface area (Å²) in [6.07, 6.45) is 0.540. The number of fused-ring (bicyclic) bond motifs is 5. The van der Waals surface area contributed by atoms with E-state index >= 15 is 0 Å². The first-order valence-corrected chi connectivity index (χ1v) is 10.3. The van der Waals surface area contributed by atoms with Gasteiger partial charge in [0.2, 0.25) is 11.8 Å². The van der Waals surface area contributed by atoms with Crippen LogP contribution in [0, 0.1) is 0 Å². The minimum absolute atomic E-state index is 0.00966. The first kappa shape index (κ1) is 17.3. The van der Waals surface area contributed by atoms with E-state index < -0.39 is 6.04 Å². The van der Waals surface area contributed by atoms with Crippen LogP contribution < -0.4 is 0 Å². The van der Waals surface area contributed by atoms with E-state index in [0.717, 1.165) is 38.5 Å². The van der Waals surface area contributed by atoms with E-state index in [1.165, 1.54) is 0 Å². The molecule has 1 saturated heterocycles. The van der Waals surface area contributed by atoms with Crippen molar-refractivity contribution >= 4 is 33.5 Å². The Morgan fingerprint density at radius 3 is 2.57 bits per heavy atom. The van der Waals surface area contributed by atoms with Crippen molar-refractivity contribution in [1.29, 1.82) is 0 Å². The summed E-state index contributed by atoms with van der Waals surface area (Å²) < 4.78 is 0. The van der Waals surface area contributed by atoms with Crippen LogP contribution in [0.4, 0.5) is 0 Å². The summed E-state index contributed by atoms with van der Waals surface area (Å²) in [5.74, 6) is 0.000819. The fourth-order valence-corrected chi connectivity index (χ4v) is 5.13. The molecule has 0 spiro atoms. The second-order valence-electron chi connectivity index (χ2n) is 8.29. The lowest BCUT2D eigenvalue weighted by Gasteiger charge is -2.46. The average molecular weight is 395 g/mol. The number of likely N-dealkylation sites (N-methyl/N-ethyl adjacent to an activating group) is 1. The molecule has 1 fully saturated rings. The number of carbonyl (C=O) groups excluding carboxylic acids is 2. The first-order chi connectivity index (χ1) is 14.6. The van der Waals surface area contributed by atoms with Crippen molar-refractivity contribution in [3.63, 3.8) is 0 Å². The van der Waals surface area contributed by atoms with Gasteiger partial charge in [-0.05, 0) is 34.0 Å². The second-order valence-corrected chi connectivity index (χ2v) is 8.29. The molecule has 0 unspecified atom stereocenters. The van der Waals surface area contributed by atoms with Gasteiger partial charge in [0.1, 0.15) is 6.04 Å². The van der Waals surface area contributed by atoms with Crippen LogP contribution in [0.5, 0.6) is 0 Å². The van der Waals surface area contributed by atoms with Crippen LogP contribution in [0.1, 0.15) is 22.9 Å². The van der Waals surface area contributed by atoms with Crippen molar-refractivity contribution in [2.24, 2.45) is 0 Å². The molecule has 1 aromatic heterocycles. The standard InChI is InChI=1S/C25H21N3O2/c1-27-14-22(29)28-21(25(27)30)13-19-18-8-4-5-9-20(18)26-23(19)24(28)17-11-10-15-6-2-3-7-16(15)12-17/h2-12,21,24,26H,13-14H2,1H3/t21-,24-/m0/s1. The highest BCUT2D eigenvalue weighted by atomic mass is 16.2. The van der Waals surface area contributed by atoms with Gasteiger partial charge in [-0.25, -0.2) is 0 Å². The smallest absolute Gasteiger partial charge is 0.245 e. The molecule has 2 amide bonds. The maximum atomic E-state index is 13.2. The topological polar surface area (TPSA) is 56.4 Å². The fourth-order valence-electron chi connectivity index (χ4n) is 5.13. The average Bonchev–Trinajstić information content (AvgIpc) is 3.14. The first-order valence-electron chi connectivity index (χ1n) is 10.3. The fraction of sp³-hybridized carbons (Fsp3) is 0.200. The number of para-hydroxylation sites is 1. The number of H-pyrrole nitrogens is 1. The van der Waals surface area contributed by atoms with Crippen molar-refractivity contribution in [3.05, 3.63) is 83.6 Å². The Bertz CT molecular complexity index is 1340. The highest BCUT2D eigenvalue weighted by Gasteiger charge is 2.47. The molecule has 5 nitrogen and oxygen atoms in total. The molecule has 3 aromatic carbocycles. The molecule has 6 rings (SSSR count). The third-order valence-electron chi connectivity index (χ3n) is 6.54. The van der Waals surface area contributed by atoms with Crippen LogP contribution >= 0.6 is 0 Å². The Labute approximate surface area is 173 Å². The SMILES string of the molecule is CN1CC(=O)N2[C@@H](c3ccc4ccccc4c3)c3[nH]c4ccccc4c3C[C@H]2C1=O. The zero-order chi connectivity index (χ0) is 20.4. The third-order valence-corrected chi connectivity index (χ3v) is 6.54. The number of aromatic amines is 1. The van der Waals surface area contributed by atoms with Crippen LogP contribution in [0.25, 0.3) is 21.7 Å². The van der Waals surface area contributed by atoms with E-state index in [1.807, 2.05) is 29.2 Å². The maximum Gasteiger partial charge on any atom is 0.245 e. The normalized spacial score (nSPS) is 21.2. The minimum Gasteiger partial charge on any atom is -0.356 e. The molecule has 0 radical (unpaired) electrons. The summed E-state index contributed by atoms with van der Waals surface area (Å²) in [6, 6.07) is 21.9. The second kappa shape index (κ2) is 6.20. The van der Waals surface area contributed by atoms with E-state index in [-0.39, 0.29) is 24.4 Å². The molecular weight excluding hydrogens is 374 g/mol. The molecule has 30 heavy (non-hydrogen) atoms. The van der Waals surface area contributed by atoms with E-state index in [9.17, 15) is 9.59 Å². The third kappa shape index (κ3) is 2.35. The van der Waals surface area contributed by atoms with Crippen LogP contribution in [-0.2, 0) is 16.0 Å². The lowest BCUT2D eigenvalue weighted by molar-refractivity contribution is -0.157. The molecule has 2 atom stereocenters. The summed E-state index contributed by atoms with van der Waals surface area (Å²) in [5, 5.41) is 3.42. The Morgan fingerprint density at radius 2 is 1.70 bits per heavy atom. The zero-order valence-electron chi connectivity index (χ0n) is 16.6. The molecule has 2 aliphatic rings. The van der Waals surface area contributed by atoms with E-state index in [4.69, 9.17) is 0 Å². The van der Waals surface area contributed by atoms with Gasteiger partial charge >= 0.3 is 0 Å². The predicted molar refractivity (Wildman–Crippen MR) is 116 cm³/mol. The molecule has 148 valence electrons. The minimum atomic E-state index is -0.473. The quantitative estimate of drug-likeness (QED) is 0.535. The number of amides is 2. The molecule has 3 heterocycles. The number of nitrogens with one attached hydrogen (secondary N) is 1. The van der Waals surface area contributed by atoms with E-state index in [2.05, 4.69) is 47.4 Å². The number of benzene rings is 3. The van der Waals surface area contributed by atoms with Gasteiger partial charge in [0.15, 0.2) is 0 Å². The Kier molecular flexibility index (Phi) is 3.57. The van der Waals surface area contributed by atoms with Gasteiger partial charge in [-0.3, -0.25) is 9.59 Å². The van der Waals surface area contributed by atoms with Crippen molar-refractivity contribution < 1.29 is 9.59 Å². The van der Waals surface area contributed by atoms with E-state index in [0.29, 0.717) is 6.42 Å². The number of carbonyl (C=O) groups is 2. The highest BCUT2D eigenvalue weighted by molar-refractivity contribution is 5.97. The van der Waals surface area contributed by atoms with Gasteiger partial charge in [-0.2, -0.15) is 0 Å². The molecule has 0 saturated carbocycles. The summed E-state index contributed by atoms with van der Waals surface area (Å²) in [4.78, 5) is 33.2. The number of aromatic nitrogens is 1. The van der Waals surface area contributed by atoms with Gasteiger partial charge in [0.05, 0.1) is 12.6 Å². The summed E-state index contributed by atoms with van der Waals surface area (Å²) in [6.45, 7) is 0.120. The summed E-state index contributed by atoms with van der Waals surface area (Å²) in [7, 11) is 1.72. The summed E-state index contributed by atoms with van der Waals surface area (Å²) in [5.41, 5.74) is 4.23.